The Hall–Kier alpha value is -2.74. The number of nitrogens with zero attached hydrogens (tertiary/aromatic N) is 1. The van der Waals surface area contributed by atoms with Crippen LogP contribution in [0.2, 0.25) is 0 Å². The van der Waals surface area contributed by atoms with Crippen LogP contribution in [0.4, 0.5) is 13.2 Å². The van der Waals surface area contributed by atoms with E-state index in [1.807, 2.05) is 36.4 Å². The maximum Gasteiger partial charge on any atom is 0.411 e. The summed E-state index contributed by atoms with van der Waals surface area (Å²) in [5.74, 6) is 1.47. The molecule has 0 spiro atoms. The van der Waals surface area contributed by atoms with Crippen molar-refractivity contribution in [2.75, 3.05) is 27.3 Å². The van der Waals surface area contributed by atoms with Gasteiger partial charge in [-0.25, -0.2) is 0 Å². The Kier molecular flexibility index (Phi) is 8.79. The van der Waals surface area contributed by atoms with Gasteiger partial charge in [-0.05, 0) is 35.2 Å². The summed E-state index contributed by atoms with van der Waals surface area (Å²) in [7, 11) is 3.32. The fourth-order valence-electron chi connectivity index (χ4n) is 2.64. The van der Waals surface area contributed by atoms with E-state index in [0.29, 0.717) is 24.6 Å². The minimum absolute atomic E-state index is 0.0812. The molecule has 2 rings (SSSR count). The fraction of sp³-hybridized carbons (Fsp3) is 0.381. The second-order valence-corrected chi connectivity index (χ2v) is 6.38. The standard InChI is InChI=1S/C21H26F3N3O2/c1-25-20(26-11-10-16-6-8-19(28-2)9-7-16)27-13-17-4-3-5-18(12-17)14-29-15-21(22,23)24/h3-9,12H,10-11,13-15H2,1-2H3,(H2,25,26,27). The van der Waals surface area contributed by atoms with Crippen LogP contribution < -0.4 is 15.4 Å². The molecule has 158 valence electrons. The molecule has 0 bridgehead atoms. The summed E-state index contributed by atoms with van der Waals surface area (Å²) in [6, 6.07) is 15.1. The van der Waals surface area contributed by atoms with Gasteiger partial charge >= 0.3 is 6.18 Å². The lowest BCUT2D eigenvalue weighted by atomic mass is 10.1. The largest absolute Gasteiger partial charge is 0.497 e. The lowest BCUT2D eigenvalue weighted by molar-refractivity contribution is -0.176. The second kappa shape index (κ2) is 11.3. The molecule has 0 saturated heterocycles. The first kappa shape index (κ1) is 22.5. The summed E-state index contributed by atoms with van der Waals surface area (Å²) in [6.45, 7) is -0.130. The summed E-state index contributed by atoms with van der Waals surface area (Å²) in [5.41, 5.74) is 2.80. The van der Waals surface area contributed by atoms with Gasteiger partial charge < -0.3 is 20.1 Å². The Balaban J connectivity index is 1.76. The zero-order chi connectivity index (χ0) is 21.1. The zero-order valence-electron chi connectivity index (χ0n) is 16.6. The number of alkyl halides is 3. The molecule has 0 radical (unpaired) electrons. The maximum atomic E-state index is 12.2. The van der Waals surface area contributed by atoms with E-state index in [4.69, 9.17) is 9.47 Å². The number of methoxy groups -OCH3 is 1. The van der Waals surface area contributed by atoms with Gasteiger partial charge in [0.05, 0.1) is 13.7 Å². The van der Waals surface area contributed by atoms with Crippen LogP contribution in [0.25, 0.3) is 0 Å². The maximum absolute atomic E-state index is 12.2. The average Bonchev–Trinajstić information content (AvgIpc) is 2.70. The van der Waals surface area contributed by atoms with Crippen molar-refractivity contribution in [3.05, 3.63) is 65.2 Å². The Labute approximate surface area is 168 Å². The molecule has 0 fully saturated rings. The highest BCUT2D eigenvalue weighted by molar-refractivity contribution is 5.79. The molecule has 29 heavy (non-hydrogen) atoms. The number of halogens is 3. The molecule has 0 aliphatic rings. The van der Waals surface area contributed by atoms with E-state index < -0.39 is 12.8 Å². The molecule has 8 heteroatoms. The van der Waals surface area contributed by atoms with E-state index in [-0.39, 0.29) is 6.61 Å². The second-order valence-electron chi connectivity index (χ2n) is 6.38. The molecular weight excluding hydrogens is 383 g/mol. The normalized spacial score (nSPS) is 12.0. The van der Waals surface area contributed by atoms with Crippen molar-refractivity contribution in [1.29, 1.82) is 0 Å². The number of benzene rings is 2. The average molecular weight is 409 g/mol. The molecule has 0 aromatic heterocycles. The topological polar surface area (TPSA) is 54.9 Å². The summed E-state index contributed by atoms with van der Waals surface area (Å²) in [6.07, 6.45) is -3.49. The van der Waals surface area contributed by atoms with Crippen LogP contribution in [0.15, 0.2) is 53.5 Å². The van der Waals surface area contributed by atoms with Crippen molar-refractivity contribution in [3.63, 3.8) is 0 Å². The smallest absolute Gasteiger partial charge is 0.411 e. The van der Waals surface area contributed by atoms with Crippen LogP contribution in [0.5, 0.6) is 5.75 Å². The van der Waals surface area contributed by atoms with Gasteiger partial charge in [0.2, 0.25) is 0 Å². The summed E-state index contributed by atoms with van der Waals surface area (Å²) in [4.78, 5) is 4.19. The number of nitrogens with one attached hydrogen (secondary N) is 2. The highest BCUT2D eigenvalue weighted by Crippen LogP contribution is 2.16. The van der Waals surface area contributed by atoms with Crippen LogP contribution >= 0.6 is 0 Å². The molecule has 0 heterocycles. The Morgan fingerprint density at radius 2 is 1.72 bits per heavy atom. The van der Waals surface area contributed by atoms with Crippen molar-refractivity contribution in [3.8, 4) is 5.75 Å². The van der Waals surface area contributed by atoms with Gasteiger partial charge in [-0.2, -0.15) is 13.2 Å². The van der Waals surface area contributed by atoms with Gasteiger partial charge in [0.15, 0.2) is 5.96 Å². The summed E-state index contributed by atoms with van der Waals surface area (Å²) in [5, 5.41) is 6.44. The third-order valence-corrected chi connectivity index (χ3v) is 4.07. The van der Waals surface area contributed by atoms with E-state index >= 15 is 0 Å². The lowest BCUT2D eigenvalue weighted by Crippen LogP contribution is -2.37. The van der Waals surface area contributed by atoms with Crippen molar-refractivity contribution >= 4 is 5.96 Å². The minimum Gasteiger partial charge on any atom is -0.497 e. The number of hydrogen-bond donors (Lipinski definition) is 2. The fourth-order valence-corrected chi connectivity index (χ4v) is 2.64. The Bertz CT molecular complexity index is 777. The van der Waals surface area contributed by atoms with Crippen molar-refractivity contribution in [1.82, 2.24) is 10.6 Å². The zero-order valence-corrected chi connectivity index (χ0v) is 16.6. The molecular formula is C21H26F3N3O2. The monoisotopic (exact) mass is 409 g/mol. The third-order valence-electron chi connectivity index (χ3n) is 4.07. The van der Waals surface area contributed by atoms with Gasteiger partial charge in [-0.15, -0.1) is 0 Å². The molecule has 5 nitrogen and oxygen atoms in total. The van der Waals surface area contributed by atoms with E-state index in [1.165, 1.54) is 5.56 Å². The van der Waals surface area contributed by atoms with Crippen LogP contribution in [-0.4, -0.2) is 39.4 Å². The van der Waals surface area contributed by atoms with Crippen LogP contribution in [0.1, 0.15) is 16.7 Å². The molecule has 2 aromatic rings. The van der Waals surface area contributed by atoms with Crippen molar-refractivity contribution in [2.24, 2.45) is 4.99 Å². The number of rotatable bonds is 9. The highest BCUT2D eigenvalue weighted by atomic mass is 19.4. The first-order valence-electron chi connectivity index (χ1n) is 9.19. The first-order chi connectivity index (χ1) is 13.9. The third kappa shape index (κ3) is 8.87. The molecule has 2 N–H and O–H groups in total. The Morgan fingerprint density at radius 3 is 2.38 bits per heavy atom. The van der Waals surface area contributed by atoms with Gasteiger partial charge in [0, 0.05) is 20.1 Å². The van der Waals surface area contributed by atoms with Crippen LogP contribution in [-0.2, 0) is 24.3 Å². The molecule has 0 unspecified atom stereocenters. The minimum atomic E-state index is -4.32. The van der Waals surface area contributed by atoms with Gasteiger partial charge in [0.1, 0.15) is 12.4 Å². The SMILES string of the molecule is CN=C(NCCc1ccc(OC)cc1)NCc1cccc(COCC(F)(F)F)c1. The number of guanidine groups is 1. The van der Waals surface area contributed by atoms with Crippen LogP contribution in [0.3, 0.4) is 0 Å². The summed E-state index contributed by atoms with van der Waals surface area (Å²) >= 11 is 0. The van der Waals surface area contributed by atoms with Crippen LogP contribution in [0, 0.1) is 0 Å². The number of hydrogen-bond acceptors (Lipinski definition) is 3. The lowest BCUT2D eigenvalue weighted by Gasteiger charge is -2.13. The van der Waals surface area contributed by atoms with E-state index in [2.05, 4.69) is 15.6 Å². The molecule has 0 atom stereocenters. The highest BCUT2D eigenvalue weighted by Gasteiger charge is 2.27. The van der Waals surface area contributed by atoms with Gasteiger partial charge in [-0.1, -0.05) is 36.4 Å². The molecule has 0 aliphatic carbocycles. The predicted octanol–water partition coefficient (Wildman–Crippen LogP) is 3.68. The van der Waals surface area contributed by atoms with E-state index in [1.54, 1.807) is 26.3 Å². The molecule has 0 aliphatic heterocycles. The molecule has 0 saturated carbocycles. The molecule has 2 aromatic carbocycles. The summed E-state index contributed by atoms with van der Waals surface area (Å²) < 4.78 is 46.4. The van der Waals surface area contributed by atoms with E-state index in [9.17, 15) is 13.2 Å². The predicted molar refractivity (Wildman–Crippen MR) is 107 cm³/mol. The van der Waals surface area contributed by atoms with Gasteiger partial charge in [0.25, 0.3) is 0 Å². The first-order valence-corrected chi connectivity index (χ1v) is 9.19. The van der Waals surface area contributed by atoms with Crippen molar-refractivity contribution < 1.29 is 22.6 Å². The molecule has 0 amide bonds. The Morgan fingerprint density at radius 1 is 1.00 bits per heavy atom. The number of aliphatic imine (C=N–C) groups is 1. The quantitative estimate of drug-likeness (QED) is 0.490. The van der Waals surface area contributed by atoms with Crippen molar-refractivity contribution in [2.45, 2.75) is 25.7 Å². The van der Waals surface area contributed by atoms with E-state index in [0.717, 1.165) is 17.7 Å². The van der Waals surface area contributed by atoms with Gasteiger partial charge in [-0.3, -0.25) is 4.99 Å². The number of ether oxygens (including phenoxy) is 2.